The molecule has 0 spiro atoms. The van der Waals surface area contributed by atoms with Crippen molar-refractivity contribution in [2.24, 2.45) is 5.92 Å². The molecule has 1 saturated heterocycles. The summed E-state index contributed by atoms with van der Waals surface area (Å²) in [4.78, 5) is 14.0. The highest BCUT2D eigenvalue weighted by atomic mass is 16.5. The van der Waals surface area contributed by atoms with E-state index in [0.717, 1.165) is 38.5 Å². The maximum atomic E-state index is 11.9. The Morgan fingerprint density at radius 1 is 1.58 bits per heavy atom. The number of furan rings is 1. The molecule has 1 fully saturated rings. The molecule has 1 atom stereocenters. The average Bonchev–Trinajstić information content (AvgIpc) is 3.08. The van der Waals surface area contributed by atoms with E-state index in [1.54, 1.807) is 6.26 Å². The second-order valence-corrected chi connectivity index (χ2v) is 4.91. The van der Waals surface area contributed by atoms with Gasteiger partial charge in [-0.2, -0.15) is 0 Å². The number of hydrogen-bond donors (Lipinski definition) is 1. The summed E-state index contributed by atoms with van der Waals surface area (Å²) < 4.78 is 10.5. The van der Waals surface area contributed by atoms with Gasteiger partial charge in [-0.3, -0.25) is 9.69 Å². The van der Waals surface area contributed by atoms with Crippen molar-refractivity contribution in [3.63, 3.8) is 0 Å². The van der Waals surface area contributed by atoms with E-state index < -0.39 is 0 Å². The molecule has 1 amide bonds. The van der Waals surface area contributed by atoms with Gasteiger partial charge in [0, 0.05) is 13.2 Å². The second kappa shape index (κ2) is 7.31. The zero-order valence-corrected chi connectivity index (χ0v) is 11.4. The van der Waals surface area contributed by atoms with Gasteiger partial charge in [-0.25, -0.2) is 0 Å². The summed E-state index contributed by atoms with van der Waals surface area (Å²) in [5.41, 5.74) is 0. The molecule has 1 N–H and O–H groups in total. The van der Waals surface area contributed by atoms with Gasteiger partial charge in [-0.1, -0.05) is 6.92 Å². The summed E-state index contributed by atoms with van der Waals surface area (Å²) >= 11 is 0. The maximum absolute atomic E-state index is 11.9. The normalized spacial score (nSPS) is 18.9. The highest BCUT2D eigenvalue weighted by molar-refractivity contribution is 5.77. The van der Waals surface area contributed by atoms with Crippen LogP contribution >= 0.6 is 0 Å². The van der Waals surface area contributed by atoms with Crippen molar-refractivity contribution >= 4 is 5.91 Å². The summed E-state index contributed by atoms with van der Waals surface area (Å²) in [6.07, 6.45) is 2.71. The molecule has 19 heavy (non-hydrogen) atoms. The first kappa shape index (κ1) is 14.1. The van der Waals surface area contributed by atoms with Crippen LogP contribution in [0.25, 0.3) is 0 Å². The minimum absolute atomic E-state index is 0.0390. The van der Waals surface area contributed by atoms with Gasteiger partial charge >= 0.3 is 0 Å². The number of likely N-dealkylation sites (N-methyl/N-ethyl adjacent to an activating group) is 1. The van der Waals surface area contributed by atoms with Crippen LogP contribution in [0.5, 0.6) is 0 Å². The van der Waals surface area contributed by atoms with Gasteiger partial charge in [0.15, 0.2) is 0 Å². The lowest BCUT2D eigenvalue weighted by molar-refractivity contribution is -0.122. The van der Waals surface area contributed by atoms with Crippen LogP contribution in [0, 0.1) is 5.92 Å². The lowest BCUT2D eigenvalue weighted by Crippen LogP contribution is -2.39. The third kappa shape index (κ3) is 4.69. The molecule has 106 valence electrons. The van der Waals surface area contributed by atoms with Gasteiger partial charge in [-0.05, 0) is 31.0 Å². The Balaban J connectivity index is 1.69. The first-order valence-corrected chi connectivity index (χ1v) is 6.87. The Kier molecular flexibility index (Phi) is 5.42. The van der Waals surface area contributed by atoms with Gasteiger partial charge in [-0.15, -0.1) is 0 Å². The topological polar surface area (TPSA) is 54.7 Å². The fourth-order valence-electron chi connectivity index (χ4n) is 2.26. The predicted molar refractivity (Wildman–Crippen MR) is 71.6 cm³/mol. The maximum Gasteiger partial charge on any atom is 0.234 e. The van der Waals surface area contributed by atoms with E-state index in [2.05, 4.69) is 17.1 Å². The van der Waals surface area contributed by atoms with Crippen LogP contribution in [0.15, 0.2) is 22.8 Å². The molecule has 1 unspecified atom stereocenters. The third-order valence-corrected chi connectivity index (χ3v) is 3.39. The Morgan fingerprint density at radius 2 is 2.47 bits per heavy atom. The molecule has 5 nitrogen and oxygen atoms in total. The molecule has 2 rings (SSSR count). The Morgan fingerprint density at radius 3 is 3.11 bits per heavy atom. The number of nitrogens with zero attached hydrogens (tertiary/aromatic N) is 1. The van der Waals surface area contributed by atoms with E-state index in [0.29, 0.717) is 19.0 Å². The molecule has 0 radical (unpaired) electrons. The van der Waals surface area contributed by atoms with Gasteiger partial charge < -0.3 is 14.5 Å². The standard InChI is InChI=1S/C14H22N2O3/c1-2-16(9-12-5-7-18-11-12)10-14(17)15-8-13-4-3-6-19-13/h3-4,6,12H,2,5,7-11H2,1H3,(H,15,17). The van der Waals surface area contributed by atoms with Crippen molar-refractivity contribution in [3.05, 3.63) is 24.2 Å². The summed E-state index contributed by atoms with van der Waals surface area (Å²) in [6, 6.07) is 3.67. The second-order valence-electron chi connectivity index (χ2n) is 4.91. The van der Waals surface area contributed by atoms with Gasteiger partial charge in [0.05, 0.1) is 26.0 Å². The molecule has 1 aliphatic rings. The van der Waals surface area contributed by atoms with Crippen LogP contribution in [0.3, 0.4) is 0 Å². The lowest BCUT2D eigenvalue weighted by atomic mass is 10.1. The number of nitrogens with one attached hydrogen (secondary N) is 1. The minimum atomic E-state index is 0.0390. The number of carbonyl (C=O) groups excluding carboxylic acids is 1. The molecule has 1 aliphatic heterocycles. The summed E-state index contributed by atoms with van der Waals surface area (Å²) in [6.45, 7) is 6.46. The lowest BCUT2D eigenvalue weighted by Gasteiger charge is -2.22. The average molecular weight is 266 g/mol. The van der Waals surface area contributed by atoms with Crippen molar-refractivity contribution in [1.29, 1.82) is 0 Å². The Labute approximate surface area is 113 Å². The van der Waals surface area contributed by atoms with E-state index in [1.807, 2.05) is 12.1 Å². The van der Waals surface area contributed by atoms with Gasteiger partial charge in [0.1, 0.15) is 5.76 Å². The van der Waals surface area contributed by atoms with Crippen LogP contribution in [-0.2, 0) is 16.1 Å². The molecular formula is C14H22N2O3. The molecule has 0 bridgehead atoms. The van der Waals surface area contributed by atoms with E-state index in [4.69, 9.17) is 9.15 Å². The molecule has 0 aromatic carbocycles. The fourth-order valence-corrected chi connectivity index (χ4v) is 2.26. The number of hydrogen-bond acceptors (Lipinski definition) is 4. The van der Waals surface area contributed by atoms with Crippen molar-refractivity contribution in [1.82, 2.24) is 10.2 Å². The minimum Gasteiger partial charge on any atom is -0.467 e. The van der Waals surface area contributed by atoms with E-state index in [9.17, 15) is 4.79 Å². The largest absolute Gasteiger partial charge is 0.467 e. The Bertz CT molecular complexity index is 372. The first-order valence-electron chi connectivity index (χ1n) is 6.87. The molecule has 5 heteroatoms. The highest BCUT2D eigenvalue weighted by Gasteiger charge is 2.19. The molecule has 0 aliphatic carbocycles. The summed E-state index contributed by atoms with van der Waals surface area (Å²) in [5.74, 6) is 1.38. The number of ether oxygens (including phenoxy) is 1. The van der Waals surface area contributed by atoms with Gasteiger partial charge in [0.2, 0.25) is 5.91 Å². The molecular weight excluding hydrogens is 244 g/mol. The zero-order chi connectivity index (χ0) is 13.5. The van der Waals surface area contributed by atoms with Crippen molar-refractivity contribution < 1.29 is 13.9 Å². The molecule has 1 aromatic heterocycles. The number of carbonyl (C=O) groups is 1. The number of rotatable bonds is 7. The van der Waals surface area contributed by atoms with Crippen molar-refractivity contribution in [2.45, 2.75) is 19.9 Å². The van der Waals surface area contributed by atoms with Crippen LogP contribution < -0.4 is 5.32 Å². The summed E-state index contributed by atoms with van der Waals surface area (Å²) in [5, 5.41) is 2.87. The van der Waals surface area contributed by atoms with E-state index in [1.165, 1.54) is 0 Å². The third-order valence-electron chi connectivity index (χ3n) is 3.39. The van der Waals surface area contributed by atoms with Crippen LogP contribution in [0.2, 0.25) is 0 Å². The summed E-state index contributed by atoms with van der Waals surface area (Å²) in [7, 11) is 0. The van der Waals surface area contributed by atoms with Crippen LogP contribution in [0.1, 0.15) is 19.1 Å². The zero-order valence-electron chi connectivity index (χ0n) is 11.4. The first-order chi connectivity index (χ1) is 9.28. The van der Waals surface area contributed by atoms with E-state index >= 15 is 0 Å². The smallest absolute Gasteiger partial charge is 0.234 e. The Hall–Kier alpha value is -1.33. The molecule has 2 heterocycles. The predicted octanol–water partition coefficient (Wildman–Crippen LogP) is 1.25. The monoisotopic (exact) mass is 266 g/mol. The van der Waals surface area contributed by atoms with Crippen molar-refractivity contribution in [2.75, 3.05) is 32.8 Å². The highest BCUT2D eigenvalue weighted by Crippen LogP contribution is 2.13. The van der Waals surface area contributed by atoms with Crippen molar-refractivity contribution in [3.8, 4) is 0 Å². The molecule has 0 saturated carbocycles. The fraction of sp³-hybridized carbons (Fsp3) is 0.643. The van der Waals surface area contributed by atoms with Crippen LogP contribution in [0.4, 0.5) is 0 Å². The van der Waals surface area contributed by atoms with Gasteiger partial charge in [0.25, 0.3) is 0 Å². The van der Waals surface area contributed by atoms with Crippen LogP contribution in [-0.4, -0.2) is 43.7 Å². The quantitative estimate of drug-likeness (QED) is 0.807. The number of amides is 1. The van der Waals surface area contributed by atoms with E-state index in [-0.39, 0.29) is 5.91 Å². The SMILES string of the molecule is CCN(CC(=O)NCc1ccco1)CC1CCOC1. The molecule has 1 aromatic rings.